The molecule has 3 aromatic rings. The Bertz CT molecular complexity index is 948. The molecule has 0 bridgehead atoms. The molecule has 3 rings (SSSR count). The number of nitrogens with zero attached hydrogens (tertiary/aromatic N) is 2. The second-order valence-corrected chi connectivity index (χ2v) is 5.92. The standard InChI is InChI=1S/C18H14ClF2N3O2/c1-10-7-16(23-24(10)13-5-3-11(19)4-6-13)18(25)22-12-8-14(20)17(26-2)15(21)9-12/h3-9H,1-2H3,(H,22,25). The minimum atomic E-state index is -0.911. The van der Waals surface area contributed by atoms with Gasteiger partial charge in [0, 0.05) is 28.5 Å². The first-order valence-electron chi connectivity index (χ1n) is 7.56. The third kappa shape index (κ3) is 3.52. The van der Waals surface area contributed by atoms with Gasteiger partial charge in [-0.05, 0) is 37.3 Å². The van der Waals surface area contributed by atoms with Crippen molar-refractivity contribution in [2.24, 2.45) is 0 Å². The van der Waals surface area contributed by atoms with Gasteiger partial charge in [-0.3, -0.25) is 4.79 Å². The molecule has 0 unspecified atom stereocenters. The molecule has 8 heteroatoms. The Kier molecular flexibility index (Phi) is 4.90. The fraction of sp³-hybridized carbons (Fsp3) is 0.111. The van der Waals surface area contributed by atoms with Crippen LogP contribution >= 0.6 is 11.6 Å². The summed E-state index contributed by atoms with van der Waals surface area (Å²) in [6.07, 6.45) is 0. The SMILES string of the molecule is COc1c(F)cc(NC(=O)c2cc(C)n(-c3ccc(Cl)cc3)n2)cc1F. The van der Waals surface area contributed by atoms with E-state index in [0.29, 0.717) is 10.7 Å². The molecule has 0 saturated heterocycles. The maximum Gasteiger partial charge on any atom is 0.276 e. The van der Waals surface area contributed by atoms with Gasteiger partial charge < -0.3 is 10.1 Å². The van der Waals surface area contributed by atoms with Gasteiger partial charge in [0.15, 0.2) is 23.1 Å². The molecule has 5 nitrogen and oxygen atoms in total. The van der Waals surface area contributed by atoms with Crippen molar-refractivity contribution in [1.29, 1.82) is 0 Å². The van der Waals surface area contributed by atoms with E-state index >= 15 is 0 Å². The van der Waals surface area contributed by atoms with Crippen molar-refractivity contribution in [3.05, 3.63) is 70.5 Å². The first kappa shape index (κ1) is 17.9. The van der Waals surface area contributed by atoms with E-state index in [4.69, 9.17) is 11.6 Å². The number of benzene rings is 2. The largest absolute Gasteiger partial charge is 0.491 e. The first-order chi connectivity index (χ1) is 12.4. The van der Waals surface area contributed by atoms with Crippen LogP contribution in [0.5, 0.6) is 5.75 Å². The predicted molar refractivity (Wildman–Crippen MR) is 94.2 cm³/mol. The van der Waals surface area contributed by atoms with Crippen LogP contribution in [-0.2, 0) is 0 Å². The van der Waals surface area contributed by atoms with E-state index in [2.05, 4.69) is 15.2 Å². The molecule has 0 spiro atoms. The fourth-order valence-electron chi connectivity index (χ4n) is 2.45. The lowest BCUT2D eigenvalue weighted by atomic mass is 10.2. The Labute approximate surface area is 153 Å². The molecule has 1 aromatic heterocycles. The normalized spacial score (nSPS) is 10.7. The van der Waals surface area contributed by atoms with Gasteiger partial charge in [-0.15, -0.1) is 0 Å². The highest BCUT2D eigenvalue weighted by molar-refractivity contribution is 6.30. The number of anilines is 1. The van der Waals surface area contributed by atoms with Crippen molar-refractivity contribution in [3.8, 4) is 11.4 Å². The molecule has 1 amide bonds. The van der Waals surface area contributed by atoms with Gasteiger partial charge in [-0.1, -0.05) is 11.6 Å². The van der Waals surface area contributed by atoms with Gasteiger partial charge >= 0.3 is 0 Å². The summed E-state index contributed by atoms with van der Waals surface area (Å²) in [5.41, 5.74) is 1.51. The highest BCUT2D eigenvalue weighted by Crippen LogP contribution is 2.25. The number of carbonyl (C=O) groups is 1. The number of ether oxygens (including phenoxy) is 1. The molecule has 0 atom stereocenters. The number of halogens is 3. The molecular formula is C18H14ClF2N3O2. The van der Waals surface area contributed by atoms with Gasteiger partial charge in [0.1, 0.15) is 0 Å². The average molecular weight is 378 g/mol. The number of aryl methyl sites for hydroxylation is 1. The van der Waals surface area contributed by atoms with E-state index in [1.54, 1.807) is 41.9 Å². The summed E-state index contributed by atoms with van der Waals surface area (Å²) in [6.45, 7) is 1.78. The number of methoxy groups -OCH3 is 1. The number of rotatable bonds is 4. The maximum absolute atomic E-state index is 13.7. The highest BCUT2D eigenvalue weighted by atomic mass is 35.5. The van der Waals surface area contributed by atoms with E-state index in [1.807, 2.05) is 0 Å². The minimum absolute atomic E-state index is 0.0375. The second kappa shape index (κ2) is 7.13. The van der Waals surface area contributed by atoms with Gasteiger partial charge in [0.2, 0.25) is 0 Å². The van der Waals surface area contributed by atoms with Gasteiger partial charge in [-0.25, -0.2) is 13.5 Å². The number of nitrogens with one attached hydrogen (secondary N) is 1. The number of hydrogen-bond acceptors (Lipinski definition) is 3. The lowest BCUT2D eigenvalue weighted by Crippen LogP contribution is -2.13. The summed E-state index contributed by atoms with van der Waals surface area (Å²) in [4.78, 5) is 12.4. The molecule has 2 aromatic carbocycles. The Morgan fingerprint density at radius 1 is 1.15 bits per heavy atom. The van der Waals surface area contributed by atoms with Crippen LogP contribution in [0.25, 0.3) is 5.69 Å². The lowest BCUT2D eigenvalue weighted by Gasteiger charge is -2.07. The smallest absolute Gasteiger partial charge is 0.276 e. The molecule has 0 fully saturated rings. The minimum Gasteiger partial charge on any atom is -0.491 e. The maximum atomic E-state index is 13.7. The van der Waals surface area contributed by atoms with Crippen molar-refractivity contribution in [2.45, 2.75) is 6.92 Å². The summed E-state index contributed by atoms with van der Waals surface area (Å²) in [5, 5.41) is 7.24. The quantitative estimate of drug-likeness (QED) is 0.734. The van der Waals surface area contributed by atoms with Crippen LogP contribution in [0.3, 0.4) is 0 Å². The Hall–Kier alpha value is -2.93. The Morgan fingerprint density at radius 3 is 2.35 bits per heavy atom. The van der Waals surface area contributed by atoms with Crippen LogP contribution in [-0.4, -0.2) is 22.8 Å². The van der Waals surface area contributed by atoms with E-state index < -0.39 is 23.3 Å². The zero-order valence-electron chi connectivity index (χ0n) is 13.9. The van der Waals surface area contributed by atoms with E-state index in [9.17, 15) is 13.6 Å². The van der Waals surface area contributed by atoms with Crippen LogP contribution in [0, 0.1) is 18.6 Å². The number of carbonyl (C=O) groups excluding carboxylic acids is 1. The molecule has 1 heterocycles. The van der Waals surface area contributed by atoms with Crippen LogP contribution < -0.4 is 10.1 Å². The summed E-state index contributed by atoms with van der Waals surface area (Å²) < 4.78 is 33.7. The van der Waals surface area contributed by atoms with E-state index in [1.165, 1.54) is 0 Å². The predicted octanol–water partition coefficient (Wildman–Crippen LogP) is 4.37. The molecule has 0 radical (unpaired) electrons. The third-order valence-corrected chi connectivity index (χ3v) is 3.90. The molecule has 26 heavy (non-hydrogen) atoms. The van der Waals surface area contributed by atoms with Gasteiger partial charge in [0.25, 0.3) is 5.91 Å². The molecule has 1 N–H and O–H groups in total. The lowest BCUT2D eigenvalue weighted by molar-refractivity contribution is 0.102. The van der Waals surface area contributed by atoms with Crippen molar-refractivity contribution < 1.29 is 18.3 Å². The van der Waals surface area contributed by atoms with Crippen LogP contribution in [0.2, 0.25) is 5.02 Å². The van der Waals surface area contributed by atoms with Crippen molar-refractivity contribution in [3.63, 3.8) is 0 Å². The summed E-state index contributed by atoms with van der Waals surface area (Å²) >= 11 is 5.87. The third-order valence-electron chi connectivity index (χ3n) is 3.65. The monoisotopic (exact) mass is 377 g/mol. The Morgan fingerprint density at radius 2 is 1.77 bits per heavy atom. The summed E-state index contributed by atoms with van der Waals surface area (Å²) in [5.74, 6) is -2.92. The molecule has 0 aliphatic rings. The van der Waals surface area contributed by atoms with Gasteiger partial charge in [-0.2, -0.15) is 5.10 Å². The highest BCUT2D eigenvalue weighted by Gasteiger charge is 2.16. The second-order valence-electron chi connectivity index (χ2n) is 5.49. The van der Waals surface area contributed by atoms with Gasteiger partial charge in [0.05, 0.1) is 12.8 Å². The number of hydrogen-bond donors (Lipinski definition) is 1. The molecule has 134 valence electrons. The molecule has 0 aliphatic heterocycles. The van der Waals surface area contributed by atoms with Crippen LogP contribution in [0.1, 0.15) is 16.2 Å². The number of amides is 1. The average Bonchev–Trinajstić information content (AvgIpc) is 2.97. The summed E-state index contributed by atoms with van der Waals surface area (Å²) in [7, 11) is 1.16. The zero-order chi connectivity index (χ0) is 18.8. The van der Waals surface area contributed by atoms with Crippen molar-refractivity contribution in [1.82, 2.24) is 9.78 Å². The molecule has 0 saturated carbocycles. The van der Waals surface area contributed by atoms with E-state index in [0.717, 1.165) is 24.9 Å². The first-order valence-corrected chi connectivity index (χ1v) is 7.94. The number of aromatic nitrogens is 2. The van der Waals surface area contributed by atoms with Crippen LogP contribution in [0.15, 0.2) is 42.5 Å². The van der Waals surface area contributed by atoms with Crippen molar-refractivity contribution >= 4 is 23.2 Å². The van der Waals surface area contributed by atoms with Crippen LogP contribution in [0.4, 0.5) is 14.5 Å². The fourth-order valence-corrected chi connectivity index (χ4v) is 2.58. The topological polar surface area (TPSA) is 56.1 Å². The molecule has 0 aliphatic carbocycles. The van der Waals surface area contributed by atoms with E-state index in [-0.39, 0.29) is 11.4 Å². The zero-order valence-corrected chi connectivity index (χ0v) is 14.6. The van der Waals surface area contributed by atoms with Crippen molar-refractivity contribution in [2.75, 3.05) is 12.4 Å². The molecular weight excluding hydrogens is 364 g/mol. The Balaban J connectivity index is 1.85. The summed E-state index contributed by atoms with van der Waals surface area (Å²) in [6, 6.07) is 10.5.